The predicted molar refractivity (Wildman–Crippen MR) is 40.0 cm³/mol. The van der Waals surface area contributed by atoms with Gasteiger partial charge in [-0.15, -0.1) is 0 Å². The number of hydrogen-bond acceptors (Lipinski definition) is 2. The molecule has 0 unspecified atom stereocenters. The van der Waals surface area contributed by atoms with Crippen molar-refractivity contribution in [2.24, 2.45) is 0 Å². The lowest BCUT2D eigenvalue weighted by atomic mass is 10.3. The van der Waals surface area contributed by atoms with E-state index in [9.17, 15) is 4.79 Å². The van der Waals surface area contributed by atoms with Gasteiger partial charge in [-0.1, -0.05) is 0 Å². The molecule has 0 saturated heterocycles. The summed E-state index contributed by atoms with van der Waals surface area (Å²) in [6, 6.07) is 0. The zero-order chi connectivity index (χ0) is 8.27. The molecular weight excluding hydrogens is 144 g/mol. The van der Waals surface area contributed by atoms with E-state index < -0.39 is 5.97 Å². The van der Waals surface area contributed by atoms with E-state index in [0.717, 1.165) is 17.5 Å². The second-order valence-corrected chi connectivity index (χ2v) is 2.07. The number of nitrogens with one attached hydrogen (secondary N) is 1. The second kappa shape index (κ2) is 3.01. The largest absolute Gasteiger partial charge is 0.478 e. The summed E-state index contributed by atoms with van der Waals surface area (Å²) in [6.45, 7) is 1.80. The summed E-state index contributed by atoms with van der Waals surface area (Å²) in [7, 11) is 0. The summed E-state index contributed by atoms with van der Waals surface area (Å²) in [5.74, 6) is -0.959. The fourth-order valence-corrected chi connectivity index (χ4v) is 0.696. The van der Waals surface area contributed by atoms with Crippen molar-refractivity contribution in [2.45, 2.75) is 6.92 Å². The van der Waals surface area contributed by atoms with E-state index in [0.29, 0.717) is 0 Å². The number of H-pyrrole nitrogens is 1. The number of aliphatic carboxylic acids is 1. The van der Waals surface area contributed by atoms with Gasteiger partial charge in [-0.25, -0.2) is 9.78 Å². The van der Waals surface area contributed by atoms with Crippen LogP contribution in [0.15, 0.2) is 12.4 Å². The molecule has 2 N–H and O–H groups in total. The Kier molecular flexibility index (Phi) is 2.06. The highest BCUT2D eigenvalue weighted by Crippen LogP contribution is 2.01. The maximum atomic E-state index is 10.1. The average Bonchev–Trinajstić information content (AvgIpc) is 2.31. The van der Waals surface area contributed by atoms with Crippen LogP contribution in [0.1, 0.15) is 11.4 Å². The van der Waals surface area contributed by atoms with Crippen LogP contribution in [0.2, 0.25) is 0 Å². The van der Waals surface area contributed by atoms with Crippen molar-refractivity contribution in [3.8, 4) is 0 Å². The van der Waals surface area contributed by atoms with Gasteiger partial charge in [0.2, 0.25) is 0 Å². The minimum atomic E-state index is -0.959. The third-order valence-electron chi connectivity index (χ3n) is 1.26. The van der Waals surface area contributed by atoms with E-state index in [1.807, 2.05) is 0 Å². The van der Waals surface area contributed by atoms with Crippen molar-refractivity contribution < 1.29 is 9.90 Å². The van der Waals surface area contributed by atoms with Crippen LogP contribution in [-0.2, 0) is 4.79 Å². The molecule has 1 aromatic heterocycles. The van der Waals surface area contributed by atoms with E-state index in [2.05, 4.69) is 9.97 Å². The summed E-state index contributed by atoms with van der Waals surface area (Å²) in [5.41, 5.74) is 1.52. The van der Waals surface area contributed by atoms with Gasteiger partial charge in [-0.3, -0.25) is 0 Å². The lowest BCUT2D eigenvalue weighted by Gasteiger charge is -1.85. The van der Waals surface area contributed by atoms with E-state index in [-0.39, 0.29) is 0 Å². The molecule has 0 radical (unpaired) electrons. The summed E-state index contributed by atoms with van der Waals surface area (Å²) in [6.07, 6.45) is 4.07. The number of imidazole rings is 1. The van der Waals surface area contributed by atoms with Crippen LogP contribution in [-0.4, -0.2) is 21.0 Å². The van der Waals surface area contributed by atoms with Crippen molar-refractivity contribution in [2.75, 3.05) is 0 Å². The maximum absolute atomic E-state index is 10.1. The summed E-state index contributed by atoms with van der Waals surface area (Å²) in [4.78, 5) is 16.8. The molecule has 0 aliphatic heterocycles. The highest BCUT2D eigenvalue weighted by molar-refractivity contribution is 5.85. The Labute approximate surface area is 63.6 Å². The summed E-state index contributed by atoms with van der Waals surface area (Å²) < 4.78 is 0. The minimum Gasteiger partial charge on any atom is -0.478 e. The van der Waals surface area contributed by atoms with Crippen molar-refractivity contribution in [1.82, 2.24) is 9.97 Å². The number of nitrogens with zero attached hydrogens (tertiary/aromatic N) is 1. The zero-order valence-electron chi connectivity index (χ0n) is 6.03. The molecule has 0 aliphatic carbocycles. The van der Waals surface area contributed by atoms with Gasteiger partial charge in [-0.2, -0.15) is 0 Å². The molecule has 0 atom stereocenters. The van der Waals surface area contributed by atoms with Crippen LogP contribution in [0.4, 0.5) is 0 Å². The number of aromatic amines is 1. The first-order chi connectivity index (χ1) is 5.20. The topological polar surface area (TPSA) is 66.0 Å². The number of carboxylic acids is 1. The van der Waals surface area contributed by atoms with Gasteiger partial charge in [0.15, 0.2) is 0 Å². The fourth-order valence-electron chi connectivity index (χ4n) is 0.696. The number of aryl methyl sites for hydroxylation is 1. The standard InChI is InChI=1S/C7H8N2O2/c1-5-6(9-4-8-5)2-3-7(10)11/h2-4H,1H3,(H,8,9)(H,10,11). The van der Waals surface area contributed by atoms with Crippen LogP contribution >= 0.6 is 0 Å². The molecule has 0 fully saturated rings. The van der Waals surface area contributed by atoms with Crippen LogP contribution < -0.4 is 0 Å². The third-order valence-corrected chi connectivity index (χ3v) is 1.26. The number of hydrogen-bond donors (Lipinski definition) is 2. The van der Waals surface area contributed by atoms with Crippen LogP contribution in [0.3, 0.4) is 0 Å². The van der Waals surface area contributed by atoms with E-state index in [1.54, 1.807) is 6.92 Å². The quantitative estimate of drug-likeness (QED) is 0.616. The zero-order valence-corrected chi connectivity index (χ0v) is 6.03. The second-order valence-electron chi connectivity index (χ2n) is 2.07. The summed E-state index contributed by atoms with van der Waals surface area (Å²) >= 11 is 0. The molecule has 0 saturated carbocycles. The molecule has 11 heavy (non-hydrogen) atoms. The van der Waals surface area contributed by atoms with E-state index in [1.165, 1.54) is 12.4 Å². The normalized spacial score (nSPS) is 10.6. The molecule has 0 spiro atoms. The molecule has 1 heterocycles. The Morgan fingerprint density at radius 3 is 3.00 bits per heavy atom. The monoisotopic (exact) mass is 152 g/mol. The molecule has 1 aromatic rings. The maximum Gasteiger partial charge on any atom is 0.328 e. The molecule has 1 rings (SSSR count). The van der Waals surface area contributed by atoms with Crippen molar-refractivity contribution >= 4 is 12.0 Å². The SMILES string of the molecule is Cc1nc[nH]c1C=CC(=O)O. The van der Waals surface area contributed by atoms with Gasteiger partial charge in [0.25, 0.3) is 0 Å². The predicted octanol–water partition coefficient (Wildman–Crippen LogP) is 0.816. The molecule has 4 nitrogen and oxygen atoms in total. The molecular formula is C7H8N2O2. The smallest absolute Gasteiger partial charge is 0.328 e. The molecule has 0 amide bonds. The Morgan fingerprint density at radius 1 is 1.82 bits per heavy atom. The highest BCUT2D eigenvalue weighted by Gasteiger charge is 1.94. The number of rotatable bonds is 2. The number of carbonyl (C=O) groups is 1. The van der Waals surface area contributed by atoms with Crippen molar-refractivity contribution in [3.63, 3.8) is 0 Å². The van der Waals surface area contributed by atoms with Gasteiger partial charge in [-0.05, 0) is 13.0 Å². The number of aromatic nitrogens is 2. The van der Waals surface area contributed by atoms with Crippen LogP contribution in [0.5, 0.6) is 0 Å². The first-order valence-electron chi connectivity index (χ1n) is 3.11. The van der Waals surface area contributed by atoms with Gasteiger partial charge < -0.3 is 10.1 Å². The minimum absolute atomic E-state index is 0.729. The van der Waals surface area contributed by atoms with E-state index >= 15 is 0 Å². The Hall–Kier alpha value is -1.58. The van der Waals surface area contributed by atoms with Gasteiger partial charge in [0, 0.05) is 6.08 Å². The Morgan fingerprint density at radius 2 is 2.55 bits per heavy atom. The van der Waals surface area contributed by atoms with Crippen LogP contribution in [0.25, 0.3) is 6.08 Å². The van der Waals surface area contributed by atoms with Gasteiger partial charge >= 0.3 is 5.97 Å². The fraction of sp³-hybridized carbons (Fsp3) is 0.143. The Balaban J connectivity index is 2.79. The number of carboxylic acid groups (broad SMARTS) is 1. The molecule has 0 aliphatic rings. The molecule has 0 aromatic carbocycles. The lowest BCUT2D eigenvalue weighted by molar-refractivity contribution is -0.131. The first-order valence-corrected chi connectivity index (χ1v) is 3.11. The highest BCUT2D eigenvalue weighted by atomic mass is 16.4. The van der Waals surface area contributed by atoms with Gasteiger partial charge in [0.05, 0.1) is 17.7 Å². The van der Waals surface area contributed by atoms with E-state index in [4.69, 9.17) is 5.11 Å². The Bertz CT molecular complexity index is 288. The van der Waals surface area contributed by atoms with Gasteiger partial charge in [0.1, 0.15) is 0 Å². The molecule has 4 heteroatoms. The summed E-state index contributed by atoms with van der Waals surface area (Å²) in [5, 5.41) is 8.28. The molecule has 0 bridgehead atoms. The lowest BCUT2D eigenvalue weighted by Crippen LogP contribution is -1.86. The average molecular weight is 152 g/mol. The first kappa shape index (κ1) is 7.53. The van der Waals surface area contributed by atoms with Crippen molar-refractivity contribution in [3.05, 3.63) is 23.8 Å². The van der Waals surface area contributed by atoms with Crippen LogP contribution in [0, 0.1) is 6.92 Å². The third kappa shape index (κ3) is 1.93. The van der Waals surface area contributed by atoms with Crippen molar-refractivity contribution in [1.29, 1.82) is 0 Å². The molecule has 58 valence electrons.